The number of pyridine rings is 1. The van der Waals surface area contributed by atoms with E-state index in [9.17, 15) is 9.18 Å². The van der Waals surface area contributed by atoms with Crippen molar-refractivity contribution in [1.82, 2.24) is 9.97 Å². The summed E-state index contributed by atoms with van der Waals surface area (Å²) in [4.78, 5) is 23.6. The van der Waals surface area contributed by atoms with Gasteiger partial charge in [-0.2, -0.15) is 0 Å². The second-order valence-corrected chi connectivity index (χ2v) is 7.47. The van der Waals surface area contributed by atoms with Crippen molar-refractivity contribution in [1.29, 1.82) is 0 Å². The zero-order valence-corrected chi connectivity index (χ0v) is 16.7. The summed E-state index contributed by atoms with van der Waals surface area (Å²) in [6, 6.07) is 13.4. The molecule has 29 heavy (non-hydrogen) atoms. The molecule has 0 aliphatic rings. The highest BCUT2D eigenvalue weighted by Gasteiger charge is 2.25. The number of ether oxygens (including phenoxy) is 1. The number of hydrogen-bond acceptors (Lipinski definition) is 5. The minimum atomic E-state index is -0.566. The van der Waals surface area contributed by atoms with Crippen molar-refractivity contribution in [3.05, 3.63) is 83.4 Å². The first-order chi connectivity index (χ1) is 14.1. The highest BCUT2D eigenvalue weighted by atomic mass is 32.1. The molecule has 0 unspecified atom stereocenters. The van der Waals surface area contributed by atoms with Crippen LogP contribution in [0.15, 0.2) is 60.9 Å². The van der Waals surface area contributed by atoms with Crippen LogP contribution in [-0.4, -0.2) is 23.0 Å². The third-order valence-corrected chi connectivity index (χ3v) is 5.77. The molecule has 0 saturated heterocycles. The van der Waals surface area contributed by atoms with E-state index >= 15 is 0 Å². The summed E-state index contributed by atoms with van der Waals surface area (Å²) in [7, 11) is 1.58. The Balaban J connectivity index is 1.84. The van der Waals surface area contributed by atoms with Crippen LogP contribution in [0, 0.1) is 12.7 Å². The summed E-state index contributed by atoms with van der Waals surface area (Å²) in [5.74, 6) is -0.390. The SMILES string of the molecule is COc1ccc(C)c2sc(N(Cc3cccnc3)C(=O)c3ccccc3F)nc12. The number of halogens is 1. The van der Waals surface area contributed by atoms with Gasteiger partial charge in [-0.15, -0.1) is 0 Å². The number of benzene rings is 2. The fourth-order valence-corrected chi connectivity index (χ4v) is 4.11. The van der Waals surface area contributed by atoms with E-state index in [0.29, 0.717) is 16.4 Å². The Morgan fingerprint density at radius 1 is 1.17 bits per heavy atom. The van der Waals surface area contributed by atoms with Gasteiger partial charge in [0.25, 0.3) is 5.91 Å². The monoisotopic (exact) mass is 407 g/mol. The van der Waals surface area contributed by atoms with Gasteiger partial charge >= 0.3 is 0 Å². The molecule has 0 atom stereocenters. The standard InChI is InChI=1S/C22H18FN3O2S/c1-14-9-10-18(28-2)19-20(14)29-22(25-19)26(13-15-6-5-11-24-12-15)21(27)16-7-3-4-8-17(16)23/h3-12H,13H2,1-2H3. The van der Waals surface area contributed by atoms with Crippen LogP contribution in [-0.2, 0) is 6.54 Å². The highest BCUT2D eigenvalue weighted by Crippen LogP contribution is 2.37. The van der Waals surface area contributed by atoms with Gasteiger partial charge in [0.05, 0.1) is 23.9 Å². The summed E-state index contributed by atoms with van der Waals surface area (Å²) in [6.45, 7) is 2.20. The van der Waals surface area contributed by atoms with Gasteiger partial charge in [-0.25, -0.2) is 9.37 Å². The first kappa shape index (κ1) is 19.0. The minimum absolute atomic E-state index is 0.000617. The lowest BCUT2D eigenvalue weighted by atomic mass is 10.1. The van der Waals surface area contributed by atoms with Crippen LogP contribution in [0.25, 0.3) is 10.2 Å². The predicted molar refractivity (Wildman–Crippen MR) is 112 cm³/mol. The van der Waals surface area contributed by atoms with E-state index in [2.05, 4.69) is 9.97 Å². The van der Waals surface area contributed by atoms with E-state index in [-0.39, 0.29) is 12.1 Å². The van der Waals surface area contributed by atoms with Gasteiger partial charge < -0.3 is 4.74 Å². The molecule has 2 heterocycles. The molecule has 2 aromatic carbocycles. The lowest BCUT2D eigenvalue weighted by molar-refractivity contribution is 0.0981. The number of thiazole rings is 1. The highest BCUT2D eigenvalue weighted by molar-refractivity contribution is 7.22. The van der Waals surface area contributed by atoms with Crippen molar-refractivity contribution in [3.8, 4) is 5.75 Å². The molecule has 1 amide bonds. The number of aromatic nitrogens is 2. The number of fused-ring (bicyclic) bond motifs is 1. The molecule has 0 bridgehead atoms. The number of carbonyl (C=O) groups is 1. The summed E-state index contributed by atoms with van der Waals surface area (Å²) < 4.78 is 20.7. The van der Waals surface area contributed by atoms with Gasteiger partial charge in [-0.05, 0) is 42.3 Å². The molecule has 4 aromatic rings. The number of amides is 1. The zero-order chi connectivity index (χ0) is 20.4. The maximum atomic E-state index is 14.3. The van der Waals surface area contributed by atoms with Crippen LogP contribution in [0.4, 0.5) is 9.52 Å². The number of methoxy groups -OCH3 is 1. The molecule has 146 valence electrons. The molecule has 0 fully saturated rings. The van der Waals surface area contributed by atoms with Crippen LogP contribution < -0.4 is 9.64 Å². The van der Waals surface area contributed by atoms with E-state index < -0.39 is 11.7 Å². The predicted octanol–water partition coefficient (Wildman–Crippen LogP) is 4.99. The van der Waals surface area contributed by atoms with Gasteiger partial charge in [0.2, 0.25) is 0 Å². The normalized spacial score (nSPS) is 10.9. The van der Waals surface area contributed by atoms with E-state index in [4.69, 9.17) is 4.74 Å². The summed E-state index contributed by atoms with van der Waals surface area (Å²) in [5.41, 5.74) is 2.54. The Kier molecular flexibility index (Phi) is 5.22. The van der Waals surface area contributed by atoms with Crippen LogP contribution >= 0.6 is 11.3 Å². The van der Waals surface area contributed by atoms with Crippen molar-refractivity contribution in [2.24, 2.45) is 0 Å². The molecule has 0 aliphatic carbocycles. The quantitative estimate of drug-likeness (QED) is 0.467. The third kappa shape index (κ3) is 3.69. The number of rotatable bonds is 5. The van der Waals surface area contributed by atoms with E-state index in [1.54, 1.807) is 37.7 Å². The molecule has 5 nitrogen and oxygen atoms in total. The molecular weight excluding hydrogens is 389 g/mol. The number of carbonyl (C=O) groups excluding carboxylic acids is 1. The minimum Gasteiger partial charge on any atom is -0.494 e. The molecule has 0 spiro atoms. The van der Waals surface area contributed by atoms with Gasteiger partial charge in [-0.3, -0.25) is 14.7 Å². The second-order valence-electron chi connectivity index (χ2n) is 6.49. The maximum Gasteiger partial charge on any atom is 0.263 e. The van der Waals surface area contributed by atoms with Crippen molar-refractivity contribution in [3.63, 3.8) is 0 Å². The molecule has 4 rings (SSSR count). The number of hydrogen-bond donors (Lipinski definition) is 0. The maximum absolute atomic E-state index is 14.3. The average Bonchev–Trinajstić information content (AvgIpc) is 3.19. The van der Waals surface area contributed by atoms with Crippen LogP contribution in [0.2, 0.25) is 0 Å². The molecule has 0 saturated carbocycles. The smallest absolute Gasteiger partial charge is 0.263 e. The Hall–Kier alpha value is -3.32. The lowest BCUT2D eigenvalue weighted by Crippen LogP contribution is -2.31. The summed E-state index contributed by atoms with van der Waals surface area (Å²) >= 11 is 1.38. The third-order valence-electron chi connectivity index (χ3n) is 4.56. The number of anilines is 1. The molecular formula is C22H18FN3O2S. The Bertz CT molecular complexity index is 1180. The van der Waals surface area contributed by atoms with Gasteiger partial charge in [-0.1, -0.05) is 35.6 Å². The van der Waals surface area contributed by atoms with Gasteiger partial charge in [0.15, 0.2) is 5.13 Å². The first-order valence-electron chi connectivity index (χ1n) is 8.98. The van der Waals surface area contributed by atoms with Crippen LogP contribution in [0.5, 0.6) is 5.75 Å². The Labute approximate surface area is 171 Å². The van der Waals surface area contributed by atoms with Gasteiger partial charge in [0.1, 0.15) is 17.1 Å². The van der Waals surface area contributed by atoms with Crippen molar-refractivity contribution in [2.75, 3.05) is 12.0 Å². The van der Waals surface area contributed by atoms with Gasteiger partial charge in [0, 0.05) is 12.4 Å². The first-order valence-corrected chi connectivity index (χ1v) is 9.79. The van der Waals surface area contributed by atoms with E-state index in [1.807, 2.05) is 25.1 Å². The Morgan fingerprint density at radius 3 is 2.72 bits per heavy atom. The molecule has 7 heteroatoms. The summed E-state index contributed by atoms with van der Waals surface area (Å²) in [5, 5.41) is 0.477. The molecule has 0 aliphatic heterocycles. The van der Waals surface area contributed by atoms with E-state index in [0.717, 1.165) is 15.8 Å². The lowest BCUT2D eigenvalue weighted by Gasteiger charge is -2.20. The van der Waals surface area contributed by atoms with Crippen LogP contribution in [0.3, 0.4) is 0 Å². The zero-order valence-electron chi connectivity index (χ0n) is 15.9. The number of nitrogens with zero attached hydrogens (tertiary/aromatic N) is 3. The summed E-state index contributed by atoms with van der Waals surface area (Å²) in [6.07, 6.45) is 3.35. The topological polar surface area (TPSA) is 55.3 Å². The van der Waals surface area contributed by atoms with Crippen molar-refractivity contribution >= 4 is 32.6 Å². The molecule has 0 radical (unpaired) electrons. The van der Waals surface area contributed by atoms with E-state index in [1.165, 1.54) is 28.4 Å². The van der Waals surface area contributed by atoms with Crippen molar-refractivity contribution in [2.45, 2.75) is 13.5 Å². The van der Waals surface area contributed by atoms with Crippen LogP contribution in [0.1, 0.15) is 21.5 Å². The molecule has 0 N–H and O–H groups in total. The molecule has 2 aromatic heterocycles. The largest absolute Gasteiger partial charge is 0.494 e. The fraction of sp³-hybridized carbons (Fsp3) is 0.136. The second kappa shape index (κ2) is 7.97. The Morgan fingerprint density at radius 2 is 2.00 bits per heavy atom. The number of aryl methyl sites for hydroxylation is 1. The average molecular weight is 407 g/mol. The van der Waals surface area contributed by atoms with Crippen molar-refractivity contribution < 1.29 is 13.9 Å². The fourth-order valence-electron chi connectivity index (χ4n) is 3.06.